The lowest BCUT2D eigenvalue weighted by molar-refractivity contribution is 0.247. The second-order valence-electron chi connectivity index (χ2n) is 7.54. The molecule has 0 bridgehead atoms. The van der Waals surface area contributed by atoms with Crippen LogP contribution in [0.25, 0.3) is 0 Å². The second-order valence-corrected chi connectivity index (χ2v) is 7.54. The Hall–Kier alpha value is -1.18. The summed E-state index contributed by atoms with van der Waals surface area (Å²) in [5.74, 6) is 0.728. The highest BCUT2D eigenvalue weighted by molar-refractivity contribution is 5.62. The number of fused-ring (bicyclic) bond motifs is 1. The highest BCUT2D eigenvalue weighted by atomic mass is 15.1. The Labute approximate surface area is 123 Å². The van der Waals surface area contributed by atoms with Gasteiger partial charge in [-0.05, 0) is 60.8 Å². The predicted octanol–water partition coefficient (Wildman–Crippen LogP) is 4.31. The molecule has 1 saturated heterocycles. The summed E-state index contributed by atoms with van der Waals surface area (Å²) in [6, 6.07) is 7.03. The van der Waals surface area contributed by atoms with Crippen LogP contribution in [0.4, 0.5) is 11.4 Å². The average Bonchev–Trinajstić information content (AvgIpc) is 2.46. The Morgan fingerprint density at radius 3 is 2.55 bits per heavy atom. The third-order valence-corrected chi connectivity index (χ3v) is 5.04. The SMILES string of the molecule is CC(C)(C)C1CNc2ccc(N3CCCCC3)cc2C1. The molecule has 1 aromatic carbocycles. The fourth-order valence-corrected chi connectivity index (χ4v) is 3.45. The molecule has 0 radical (unpaired) electrons. The van der Waals surface area contributed by atoms with Crippen molar-refractivity contribution in [1.82, 2.24) is 0 Å². The topological polar surface area (TPSA) is 15.3 Å². The Morgan fingerprint density at radius 1 is 1.10 bits per heavy atom. The smallest absolute Gasteiger partial charge is 0.0374 e. The summed E-state index contributed by atoms with van der Waals surface area (Å²) in [6.45, 7) is 10.7. The van der Waals surface area contributed by atoms with Crippen LogP contribution in [0.2, 0.25) is 0 Å². The highest BCUT2D eigenvalue weighted by Crippen LogP contribution is 2.36. The Bertz CT molecular complexity index is 467. The standard InChI is InChI=1S/C18H28N2/c1-18(2,3)15-11-14-12-16(7-8-17(14)19-13-15)20-9-5-4-6-10-20/h7-8,12,15,19H,4-6,9-11,13H2,1-3H3. The summed E-state index contributed by atoms with van der Waals surface area (Å²) >= 11 is 0. The molecule has 2 heteroatoms. The molecular formula is C18H28N2. The van der Waals surface area contributed by atoms with Crippen LogP contribution in [-0.4, -0.2) is 19.6 Å². The number of benzene rings is 1. The number of rotatable bonds is 1. The van der Waals surface area contributed by atoms with Gasteiger partial charge in [0, 0.05) is 31.0 Å². The van der Waals surface area contributed by atoms with Crippen molar-refractivity contribution in [3.8, 4) is 0 Å². The molecule has 1 fully saturated rings. The fraction of sp³-hybridized carbons (Fsp3) is 0.667. The van der Waals surface area contributed by atoms with Crippen molar-refractivity contribution >= 4 is 11.4 Å². The Kier molecular flexibility index (Phi) is 3.66. The van der Waals surface area contributed by atoms with Crippen LogP contribution in [0.15, 0.2) is 18.2 Å². The molecule has 0 spiro atoms. The first-order valence-electron chi connectivity index (χ1n) is 8.16. The Morgan fingerprint density at radius 2 is 1.85 bits per heavy atom. The zero-order valence-electron chi connectivity index (χ0n) is 13.2. The third-order valence-electron chi connectivity index (χ3n) is 5.04. The molecule has 2 aliphatic heterocycles. The Balaban J connectivity index is 1.81. The van der Waals surface area contributed by atoms with Crippen LogP contribution in [0.1, 0.15) is 45.6 Å². The summed E-state index contributed by atoms with van der Waals surface area (Å²) in [5.41, 5.74) is 4.68. The predicted molar refractivity (Wildman–Crippen MR) is 87.6 cm³/mol. The number of piperidine rings is 1. The van der Waals surface area contributed by atoms with Crippen molar-refractivity contribution in [2.75, 3.05) is 29.9 Å². The molecule has 2 nitrogen and oxygen atoms in total. The van der Waals surface area contributed by atoms with Crippen molar-refractivity contribution in [2.24, 2.45) is 11.3 Å². The first kappa shape index (κ1) is 13.8. The van der Waals surface area contributed by atoms with Crippen molar-refractivity contribution in [2.45, 2.75) is 46.5 Å². The van der Waals surface area contributed by atoms with Crippen molar-refractivity contribution in [3.63, 3.8) is 0 Å². The molecule has 0 aromatic heterocycles. The zero-order valence-corrected chi connectivity index (χ0v) is 13.2. The summed E-state index contributed by atoms with van der Waals surface area (Å²) in [6.07, 6.45) is 5.31. The van der Waals surface area contributed by atoms with E-state index in [9.17, 15) is 0 Å². The van der Waals surface area contributed by atoms with E-state index in [4.69, 9.17) is 0 Å². The minimum atomic E-state index is 0.381. The van der Waals surface area contributed by atoms with Gasteiger partial charge in [0.25, 0.3) is 0 Å². The van der Waals surface area contributed by atoms with Crippen LogP contribution in [0, 0.1) is 11.3 Å². The zero-order chi connectivity index (χ0) is 14.2. The fourth-order valence-electron chi connectivity index (χ4n) is 3.45. The van der Waals surface area contributed by atoms with Crippen molar-refractivity contribution in [3.05, 3.63) is 23.8 Å². The molecule has 0 saturated carbocycles. The maximum atomic E-state index is 3.63. The van der Waals surface area contributed by atoms with E-state index in [0.29, 0.717) is 5.41 Å². The second kappa shape index (κ2) is 5.31. The average molecular weight is 272 g/mol. The first-order chi connectivity index (χ1) is 9.54. The molecule has 2 aliphatic rings. The maximum Gasteiger partial charge on any atom is 0.0374 e. The van der Waals surface area contributed by atoms with Crippen molar-refractivity contribution in [1.29, 1.82) is 0 Å². The summed E-state index contributed by atoms with van der Waals surface area (Å²) in [5, 5.41) is 3.63. The third kappa shape index (κ3) is 2.79. The minimum absolute atomic E-state index is 0.381. The minimum Gasteiger partial charge on any atom is -0.385 e. The van der Waals surface area contributed by atoms with Gasteiger partial charge in [0.2, 0.25) is 0 Å². The van der Waals surface area contributed by atoms with Gasteiger partial charge in [-0.2, -0.15) is 0 Å². The van der Waals surface area contributed by atoms with Gasteiger partial charge in [-0.25, -0.2) is 0 Å². The normalized spacial score (nSPS) is 23.1. The molecule has 1 aromatic rings. The molecule has 1 N–H and O–H groups in total. The van der Waals surface area contributed by atoms with E-state index in [1.807, 2.05) is 0 Å². The summed E-state index contributed by atoms with van der Waals surface area (Å²) < 4.78 is 0. The molecule has 3 rings (SSSR count). The van der Waals surface area contributed by atoms with E-state index in [0.717, 1.165) is 12.5 Å². The molecule has 110 valence electrons. The molecule has 0 aliphatic carbocycles. The lowest BCUT2D eigenvalue weighted by Gasteiger charge is -2.36. The number of nitrogens with one attached hydrogen (secondary N) is 1. The summed E-state index contributed by atoms with van der Waals surface area (Å²) in [4.78, 5) is 2.56. The van der Waals surface area contributed by atoms with E-state index >= 15 is 0 Å². The van der Waals surface area contributed by atoms with E-state index in [1.165, 1.54) is 55.7 Å². The quantitative estimate of drug-likeness (QED) is 0.819. The monoisotopic (exact) mass is 272 g/mol. The summed E-state index contributed by atoms with van der Waals surface area (Å²) in [7, 11) is 0. The van der Waals surface area contributed by atoms with E-state index in [1.54, 1.807) is 0 Å². The van der Waals surface area contributed by atoms with Gasteiger partial charge in [0.05, 0.1) is 0 Å². The van der Waals surface area contributed by atoms with Crippen LogP contribution >= 0.6 is 0 Å². The highest BCUT2D eigenvalue weighted by Gasteiger charge is 2.28. The molecule has 20 heavy (non-hydrogen) atoms. The number of anilines is 2. The van der Waals surface area contributed by atoms with Gasteiger partial charge in [0.15, 0.2) is 0 Å². The largest absolute Gasteiger partial charge is 0.385 e. The molecular weight excluding hydrogens is 244 g/mol. The lowest BCUT2D eigenvalue weighted by Crippen LogP contribution is -2.34. The lowest BCUT2D eigenvalue weighted by atomic mass is 9.75. The van der Waals surface area contributed by atoms with Gasteiger partial charge in [-0.15, -0.1) is 0 Å². The molecule has 1 unspecified atom stereocenters. The molecule has 0 amide bonds. The first-order valence-corrected chi connectivity index (χ1v) is 8.16. The van der Waals surface area contributed by atoms with Crippen LogP contribution < -0.4 is 10.2 Å². The van der Waals surface area contributed by atoms with Gasteiger partial charge in [-0.3, -0.25) is 0 Å². The van der Waals surface area contributed by atoms with Crippen LogP contribution in [0.5, 0.6) is 0 Å². The number of hydrogen-bond acceptors (Lipinski definition) is 2. The molecule has 1 atom stereocenters. The van der Waals surface area contributed by atoms with Crippen LogP contribution in [-0.2, 0) is 6.42 Å². The van der Waals surface area contributed by atoms with Gasteiger partial charge < -0.3 is 10.2 Å². The van der Waals surface area contributed by atoms with E-state index in [-0.39, 0.29) is 0 Å². The van der Waals surface area contributed by atoms with E-state index in [2.05, 4.69) is 49.2 Å². The van der Waals surface area contributed by atoms with Gasteiger partial charge in [-0.1, -0.05) is 20.8 Å². The number of nitrogens with zero attached hydrogens (tertiary/aromatic N) is 1. The maximum absolute atomic E-state index is 3.63. The number of hydrogen-bond donors (Lipinski definition) is 1. The van der Waals surface area contributed by atoms with Gasteiger partial charge in [0.1, 0.15) is 0 Å². The van der Waals surface area contributed by atoms with E-state index < -0.39 is 0 Å². The van der Waals surface area contributed by atoms with Crippen molar-refractivity contribution < 1.29 is 0 Å². The molecule has 2 heterocycles. The van der Waals surface area contributed by atoms with Gasteiger partial charge >= 0.3 is 0 Å². The van der Waals surface area contributed by atoms with Crippen LogP contribution in [0.3, 0.4) is 0 Å².